The van der Waals surface area contributed by atoms with Crippen LogP contribution in [-0.2, 0) is 24.1 Å². The predicted octanol–water partition coefficient (Wildman–Crippen LogP) is 0.797. The Morgan fingerprint density at radius 1 is 1.37 bits per heavy atom. The molecule has 0 atom stereocenters. The highest BCUT2D eigenvalue weighted by Gasteiger charge is 2.33. The smallest absolute Gasteiger partial charge is 0.383 e. The van der Waals surface area contributed by atoms with Gasteiger partial charge in [0.1, 0.15) is 12.4 Å². The van der Waals surface area contributed by atoms with E-state index in [0.29, 0.717) is 6.42 Å². The van der Waals surface area contributed by atoms with Gasteiger partial charge in [0.15, 0.2) is 11.4 Å². The van der Waals surface area contributed by atoms with Gasteiger partial charge in [-0.2, -0.15) is 18.3 Å². The maximum atomic E-state index is 12.6. The lowest BCUT2D eigenvalue weighted by Crippen LogP contribution is -2.40. The van der Waals surface area contributed by atoms with Gasteiger partial charge in [-0.15, -0.1) is 0 Å². The number of likely N-dealkylation sites (N-methyl/N-ethyl adjacent to an activating group) is 1. The van der Waals surface area contributed by atoms with E-state index in [0.717, 1.165) is 32.8 Å². The second-order valence-corrected chi connectivity index (χ2v) is 5.85. The number of rotatable bonds is 6. The topological polar surface area (TPSA) is 119 Å². The fourth-order valence-corrected chi connectivity index (χ4v) is 2.41. The van der Waals surface area contributed by atoms with Gasteiger partial charge in [0.25, 0.3) is 5.56 Å². The molecule has 0 aliphatic heterocycles. The first kappa shape index (κ1) is 20.3. The third-order valence-electron chi connectivity index (χ3n) is 3.89. The van der Waals surface area contributed by atoms with Crippen LogP contribution in [0.1, 0.15) is 25.5 Å². The average Bonchev–Trinajstić information content (AvgIpc) is 3.03. The summed E-state index contributed by atoms with van der Waals surface area (Å²) >= 11 is 0. The Morgan fingerprint density at radius 2 is 2.04 bits per heavy atom. The molecule has 2 aromatic rings. The highest BCUT2D eigenvalue weighted by Crippen LogP contribution is 2.27. The van der Waals surface area contributed by atoms with E-state index in [1.165, 1.54) is 7.05 Å². The lowest BCUT2D eigenvalue weighted by Gasteiger charge is -2.20. The molecule has 0 fully saturated rings. The zero-order chi connectivity index (χ0) is 20.4. The van der Waals surface area contributed by atoms with E-state index >= 15 is 0 Å². The Kier molecular flexibility index (Phi) is 5.76. The molecule has 0 aliphatic carbocycles. The zero-order valence-electron chi connectivity index (χ0n) is 14.7. The van der Waals surface area contributed by atoms with Crippen LogP contribution in [0.25, 0.3) is 0 Å². The molecule has 27 heavy (non-hydrogen) atoms. The molecule has 0 spiro atoms. The maximum Gasteiger partial charge on any atom is 0.435 e. The number of H-pyrrole nitrogens is 1. The van der Waals surface area contributed by atoms with E-state index in [1.54, 1.807) is 0 Å². The minimum absolute atomic E-state index is 0.190. The van der Waals surface area contributed by atoms with Crippen LogP contribution in [0.2, 0.25) is 0 Å². The van der Waals surface area contributed by atoms with E-state index in [2.05, 4.69) is 10.1 Å². The number of aromatic nitrogens is 4. The van der Waals surface area contributed by atoms with E-state index in [4.69, 9.17) is 5.73 Å². The van der Waals surface area contributed by atoms with Crippen molar-refractivity contribution in [1.82, 2.24) is 19.3 Å². The van der Waals surface area contributed by atoms with Gasteiger partial charge in [0.05, 0.1) is 0 Å². The van der Waals surface area contributed by atoms with Gasteiger partial charge < -0.3 is 10.6 Å². The third kappa shape index (κ3) is 4.38. The number of carbonyl (C=O) groups is 1. The summed E-state index contributed by atoms with van der Waals surface area (Å²) in [6, 6.07) is 0.735. The van der Waals surface area contributed by atoms with Gasteiger partial charge in [0.2, 0.25) is 5.91 Å². The van der Waals surface area contributed by atoms with Gasteiger partial charge in [-0.25, -0.2) is 4.79 Å². The molecule has 12 heteroatoms. The summed E-state index contributed by atoms with van der Waals surface area (Å²) in [4.78, 5) is 39.4. The number of nitrogen functional groups attached to an aromatic ring is 1. The van der Waals surface area contributed by atoms with Crippen molar-refractivity contribution in [3.05, 3.63) is 38.8 Å². The first-order valence-electron chi connectivity index (χ1n) is 8.06. The SMILES string of the molecule is CCCCn1c(N)c(N(C)C(=O)Cn2ccc(C(F)(F)F)n2)c(=O)[nH]c1=O. The lowest BCUT2D eigenvalue weighted by atomic mass is 10.3. The van der Waals surface area contributed by atoms with E-state index in [9.17, 15) is 27.6 Å². The van der Waals surface area contributed by atoms with Crippen molar-refractivity contribution in [2.45, 2.75) is 39.0 Å². The summed E-state index contributed by atoms with van der Waals surface area (Å²) in [6.45, 7) is 1.61. The predicted molar refractivity (Wildman–Crippen MR) is 91.3 cm³/mol. The molecule has 0 bridgehead atoms. The number of amides is 1. The number of hydrogen-bond acceptors (Lipinski definition) is 5. The average molecular weight is 388 g/mol. The highest BCUT2D eigenvalue weighted by atomic mass is 19.4. The molecule has 0 radical (unpaired) electrons. The summed E-state index contributed by atoms with van der Waals surface area (Å²) in [7, 11) is 1.24. The normalized spacial score (nSPS) is 11.6. The molecule has 2 heterocycles. The number of hydrogen-bond donors (Lipinski definition) is 2. The Labute approximate surface area is 151 Å². The molecule has 0 aromatic carbocycles. The van der Waals surface area contributed by atoms with Gasteiger partial charge in [-0.1, -0.05) is 13.3 Å². The fraction of sp³-hybridized carbons (Fsp3) is 0.467. The second-order valence-electron chi connectivity index (χ2n) is 5.85. The fourth-order valence-electron chi connectivity index (χ4n) is 2.41. The molecule has 3 N–H and O–H groups in total. The molecule has 148 valence electrons. The van der Waals surface area contributed by atoms with Gasteiger partial charge in [-0.3, -0.25) is 23.8 Å². The van der Waals surface area contributed by atoms with Crippen LogP contribution in [0.4, 0.5) is 24.7 Å². The van der Waals surface area contributed by atoms with Crippen LogP contribution >= 0.6 is 0 Å². The van der Waals surface area contributed by atoms with E-state index in [-0.39, 0.29) is 18.1 Å². The van der Waals surface area contributed by atoms with Crippen molar-refractivity contribution in [3.63, 3.8) is 0 Å². The van der Waals surface area contributed by atoms with Gasteiger partial charge >= 0.3 is 11.9 Å². The molecule has 0 saturated carbocycles. The Bertz CT molecular complexity index is 943. The molecule has 9 nitrogen and oxygen atoms in total. The van der Waals surface area contributed by atoms with Gasteiger partial charge in [-0.05, 0) is 12.5 Å². The van der Waals surface area contributed by atoms with E-state index in [1.807, 2.05) is 6.92 Å². The molecule has 1 amide bonds. The Balaban J connectivity index is 2.30. The first-order valence-corrected chi connectivity index (χ1v) is 8.06. The molecular weight excluding hydrogens is 369 g/mol. The van der Waals surface area contributed by atoms with Crippen LogP contribution < -0.4 is 21.9 Å². The van der Waals surface area contributed by atoms with Crippen LogP contribution in [0, 0.1) is 0 Å². The van der Waals surface area contributed by atoms with Crippen molar-refractivity contribution in [3.8, 4) is 0 Å². The minimum Gasteiger partial charge on any atom is -0.383 e. The van der Waals surface area contributed by atoms with E-state index < -0.39 is 35.6 Å². The molecular formula is C15H19F3N6O3. The monoisotopic (exact) mass is 388 g/mol. The van der Waals surface area contributed by atoms with Crippen molar-refractivity contribution in [1.29, 1.82) is 0 Å². The second kappa shape index (κ2) is 7.68. The first-order chi connectivity index (χ1) is 12.6. The lowest BCUT2D eigenvalue weighted by molar-refractivity contribution is -0.141. The van der Waals surface area contributed by atoms with Crippen molar-refractivity contribution < 1.29 is 18.0 Å². The maximum absolute atomic E-state index is 12.6. The quantitative estimate of drug-likeness (QED) is 0.759. The number of halogens is 3. The number of anilines is 2. The summed E-state index contributed by atoms with van der Waals surface area (Å²) in [5.41, 5.74) is 2.95. The summed E-state index contributed by atoms with van der Waals surface area (Å²) in [6.07, 6.45) is -2.22. The van der Waals surface area contributed by atoms with Gasteiger partial charge in [0, 0.05) is 19.8 Å². The largest absolute Gasteiger partial charge is 0.435 e. The van der Waals surface area contributed by atoms with Crippen LogP contribution in [-0.4, -0.2) is 32.3 Å². The van der Waals surface area contributed by atoms with Crippen LogP contribution in [0.5, 0.6) is 0 Å². The molecule has 0 saturated heterocycles. The summed E-state index contributed by atoms with van der Waals surface area (Å²) in [5.74, 6) is -0.922. The number of carbonyl (C=O) groups excluding carboxylic acids is 1. The number of nitrogens with two attached hydrogens (primary N) is 1. The standard InChI is InChI=1S/C15H19F3N6O3/c1-3-4-6-24-12(19)11(13(26)20-14(24)27)22(2)10(25)8-23-7-5-9(21-23)15(16,17)18/h5,7H,3-4,6,8,19H2,1-2H3,(H,20,26,27). The summed E-state index contributed by atoms with van der Waals surface area (Å²) in [5, 5.41) is 3.29. The number of nitrogens with zero attached hydrogens (tertiary/aromatic N) is 4. The molecule has 2 aromatic heterocycles. The Morgan fingerprint density at radius 3 is 2.59 bits per heavy atom. The molecule has 2 rings (SSSR count). The molecule has 0 unspecified atom stereocenters. The zero-order valence-corrected chi connectivity index (χ0v) is 14.7. The molecule has 0 aliphatic rings. The Hall–Kier alpha value is -3.05. The van der Waals surface area contributed by atoms with Crippen molar-refractivity contribution >= 4 is 17.4 Å². The number of aromatic amines is 1. The number of nitrogens with one attached hydrogen (secondary N) is 1. The highest BCUT2D eigenvalue weighted by molar-refractivity contribution is 5.94. The number of alkyl halides is 3. The summed E-state index contributed by atoms with van der Waals surface area (Å²) < 4.78 is 39.7. The van der Waals surface area contributed by atoms with Crippen LogP contribution in [0.3, 0.4) is 0 Å². The van der Waals surface area contributed by atoms with Crippen molar-refractivity contribution in [2.24, 2.45) is 0 Å². The third-order valence-corrected chi connectivity index (χ3v) is 3.89. The van der Waals surface area contributed by atoms with Crippen molar-refractivity contribution in [2.75, 3.05) is 17.7 Å². The van der Waals surface area contributed by atoms with Crippen LogP contribution in [0.15, 0.2) is 21.9 Å². The minimum atomic E-state index is -4.63. The number of unbranched alkanes of at least 4 members (excludes halogenated alkanes) is 1.